The molecule has 2 amide bonds. The van der Waals surface area contributed by atoms with Crippen LogP contribution in [-0.2, 0) is 17.6 Å². The fourth-order valence-corrected chi connectivity index (χ4v) is 5.26. The van der Waals surface area contributed by atoms with E-state index in [-0.39, 0.29) is 5.91 Å². The molecule has 0 spiro atoms. The normalized spacial score (nSPS) is 17.4. The molecule has 1 atom stereocenters. The van der Waals surface area contributed by atoms with E-state index in [1.165, 1.54) is 6.92 Å². The minimum absolute atomic E-state index is 0.0648. The molecule has 1 fully saturated rings. The lowest BCUT2D eigenvalue weighted by molar-refractivity contribution is -0.116. The van der Waals surface area contributed by atoms with Crippen molar-refractivity contribution in [1.29, 1.82) is 0 Å². The van der Waals surface area contributed by atoms with Crippen LogP contribution in [0, 0.1) is 0 Å². The van der Waals surface area contributed by atoms with Crippen molar-refractivity contribution in [2.45, 2.75) is 32.7 Å². The highest BCUT2D eigenvalue weighted by atomic mass is 35.5. The zero-order chi connectivity index (χ0) is 23.0. The molecule has 2 aromatic carbocycles. The zero-order valence-corrected chi connectivity index (χ0v) is 19.9. The van der Waals surface area contributed by atoms with Crippen molar-refractivity contribution in [3.05, 3.63) is 57.1 Å². The lowest BCUT2D eigenvalue weighted by atomic mass is 9.97. The van der Waals surface area contributed by atoms with E-state index in [0.29, 0.717) is 33.9 Å². The zero-order valence-electron chi connectivity index (χ0n) is 18.4. The maximum Gasteiger partial charge on any atom is 0.250 e. The molecule has 2 aliphatic rings. The lowest BCUT2D eigenvalue weighted by Crippen LogP contribution is -2.50. The number of nitrogens with zero attached hydrogens (tertiary/aromatic N) is 3. The van der Waals surface area contributed by atoms with Crippen LogP contribution in [0.3, 0.4) is 0 Å². The highest BCUT2D eigenvalue weighted by Gasteiger charge is 2.29. The summed E-state index contributed by atoms with van der Waals surface area (Å²) < 4.78 is 0. The predicted molar refractivity (Wildman–Crippen MR) is 130 cm³/mol. The van der Waals surface area contributed by atoms with E-state index in [4.69, 9.17) is 28.9 Å². The van der Waals surface area contributed by atoms with Crippen LogP contribution in [-0.4, -0.2) is 55.5 Å². The number of halogens is 2. The van der Waals surface area contributed by atoms with Crippen LogP contribution in [0.15, 0.2) is 30.3 Å². The van der Waals surface area contributed by atoms with Crippen LogP contribution in [0.4, 0.5) is 11.4 Å². The second-order valence-electron chi connectivity index (χ2n) is 8.59. The Morgan fingerprint density at radius 2 is 1.81 bits per heavy atom. The third-order valence-electron chi connectivity index (χ3n) is 6.51. The molecule has 1 unspecified atom stereocenters. The fraction of sp³-hybridized carbons (Fsp3) is 0.417. The van der Waals surface area contributed by atoms with Gasteiger partial charge in [0.05, 0.1) is 27.0 Å². The number of carbonyl (C=O) groups is 2. The van der Waals surface area contributed by atoms with Gasteiger partial charge >= 0.3 is 0 Å². The Labute approximate surface area is 198 Å². The third-order valence-corrected chi connectivity index (χ3v) is 7.32. The first kappa shape index (κ1) is 22.9. The van der Waals surface area contributed by atoms with Gasteiger partial charge in [0, 0.05) is 45.7 Å². The van der Waals surface area contributed by atoms with E-state index >= 15 is 0 Å². The molecule has 170 valence electrons. The van der Waals surface area contributed by atoms with Gasteiger partial charge in [-0.05, 0) is 49.1 Å². The molecule has 6 nitrogen and oxygen atoms in total. The Kier molecular flexibility index (Phi) is 6.65. The number of piperazine rings is 1. The van der Waals surface area contributed by atoms with Crippen molar-refractivity contribution in [2.75, 3.05) is 42.5 Å². The molecule has 2 aliphatic heterocycles. The number of amides is 2. The summed E-state index contributed by atoms with van der Waals surface area (Å²) in [4.78, 5) is 30.5. The topological polar surface area (TPSA) is 69.9 Å². The molecule has 0 aliphatic carbocycles. The number of anilines is 2. The van der Waals surface area contributed by atoms with Gasteiger partial charge in [-0.1, -0.05) is 35.3 Å². The van der Waals surface area contributed by atoms with E-state index in [0.717, 1.165) is 55.8 Å². The van der Waals surface area contributed by atoms with Crippen molar-refractivity contribution >= 4 is 46.4 Å². The van der Waals surface area contributed by atoms with Crippen LogP contribution in [0.2, 0.25) is 10.0 Å². The van der Waals surface area contributed by atoms with E-state index in [2.05, 4.69) is 22.8 Å². The molecule has 4 rings (SSSR count). The minimum Gasteiger partial charge on any atom is -0.368 e. The van der Waals surface area contributed by atoms with Crippen molar-refractivity contribution in [3.8, 4) is 0 Å². The number of hydrogen-bond acceptors (Lipinski definition) is 4. The SMILES string of the molecule is CC(=O)N1CCc2cc(CC(C)N3CCN(c4cccc(Cl)c4Cl)CC3)cc(C(N)=O)c21. The maximum atomic E-state index is 12.1. The summed E-state index contributed by atoms with van der Waals surface area (Å²) in [5.74, 6) is -0.555. The van der Waals surface area contributed by atoms with Gasteiger partial charge in [0.25, 0.3) is 5.91 Å². The van der Waals surface area contributed by atoms with Gasteiger partial charge in [-0.25, -0.2) is 0 Å². The van der Waals surface area contributed by atoms with Gasteiger partial charge < -0.3 is 15.5 Å². The number of carbonyl (C=O) groups excluding carboxylic acids is 2. The van der Waals surface area contributed by atoms with Crippen molar-refractivity contribution in [2.24, 2.45) is 5.73 Å². The molecule has 2 heterocycles. The Morgan fingerprint density at radius 1 is 1.09 bits per heavy atom. The number of hydrogen-bond donors (Lipinski definition) is 1. The molecular formula is C24H28Cl2N4O2. The summed E-state index contributed by atoms with van der Waals surface area (Å²) >= 11 is 12.6. The Bertz CT molecular complexity index is 1050. The van der Waals surface area contributed by atoms with E-state index < -0.39 is 5.91 Å². The summed E-state index contributed by atoms with van der Waals surface area (Å²) in [6, 6.07) is 10.0. The molecule has 0 saturated carbocycles. The van der Waals surface area contributed by atoms with Crippen molar-refractivity contribution in [3.63, 3.8) is 0 Å². The van der Waals surface area contributed by atoms with Gasteiger partial charge in [0.1, 0.15) is 0 Å². The lowest BCUT2D eigenvalue weighted by Gasteiger charge is -2.39. The van der Waals surface area contributed by atoms with Gasteiger partial charge in [-0.2, -0.15) is 0 Å². The van der Waals surface area contributed by atoms with Crippen LogP contribution < -0.4 is 15.5 Å². The predicted octanol–water partition coefficient (Wildman–Crippen LogP) is 3.75. The summed E-state index contributed by atoms with van der Waals surface area (Å²) in [6.45, 7) is 7.89. The maximum absolute atomic E-state index is 12.1. The molecule has 2 N–H and O–H groups in total. The molecule has 1 saturated heterocycles. The Morgan fingerprint density at radius 3 is 2.47 bits per heavy atom. The standard InChI is InChI=1S/C24H28Cl2N4O2/c1-15(28-8-10-29(11-9-28)21-5-3-4-20(25)22(21)26)12-17-13-18-6-7-30(16(2)31)23(18)19(14-17)24(27)32/h3-5,13-15H,6-12H2,1-2H3,(H2,27,32). The Balaban J connectivity index is 1.45. The second kappa shape index (κ2) is 9.30. The molecule has 32 heavy (non-hydrogen) atoms. The van der Waals surface area contributed by atoms with Gasteiger partial charge in [-0.3, -0.25) is 14.5 Å². The van der Waals surface area contributed by atoms with Crippen LogP contribution in [0.5, 0.6) is 0 Å². The molecule has 0 bridgehead atoms. The summed E-state index contributed by atoms with van der Waals surface area (Å²) in [6.07, 6.45) is 1.56. The molecule has 0 radical (unpaired) electrons. The Hall–Kier alpha value is -2.28. The van der Waals surface area contributed by atoms with Crippen LogP contribution in [0.1, 0.15) is 35.3 Å². The number of benzene rings is 2. The average Bonchev–Trinajstić information content (AvgIpc) is 3.19. The number of rotatable bonds is 5. The van der Waals surface area contributed by atoms with Crippen molar-refractivity contribution in [1.82, 2.24) is 4.90 Å². The smallest absolute Gasteiger partial charge is 0.250 e. The summed E-state index contributed by atoms with van der Waals surface area (Å²) in [7, 11) is 0. The van der Waals surface area contributed by atoms with E-state index in [9.17, 15) is 9.59 Å². The molecule has 2 aromatic rings. The molecule has 8 heteroatoms. The summed E-state index contributed by atoms with van der Waals surface area (Å²) in [5, 5.41) is 1.18. The highest BCUT2D eigenvalue weighted by Crippen LogP contribution is 2.35. The number of nitrogens with two attached hydrogens (primary N) is 1. The first-order chi connectivity index (χ1) is 15.3. The summed E-state index contributed by atoms with van der Waals surface area (Å²) in [5.41, 5.74) is 9.89. The minimum atomic E-state index is -0.490. The number of fused-ring (bicyclic) bond motifs is 1. The monoisotopic (exact) mass is 474 g/mol. The van der Waals surface area contributed by atoms with Gasteiger partial charge in [0.2, 0.25) is 5.91 Å². The van der Waals surface area contributed by atoms with E-state index in [1.54, 1.807) is 11.0 Å². The fourth-order valence-electron chi connectivity index (χ4n) is 4.84. The first-order valence-corrected chi connectivity index (χ1v) is 11.7. The largest absolute Gasteiger partial charge is 0.368 e. The quantitative estimate of drug-likeness (QED) is 0.715. The average molecular weight is 475 g/mol. The van der Waals surface area contributed by atoms with Crippen LogP contribution >= 0.6 is 23.2 Å². The first-order valence-electron chi connectivity index (χ1n) is 10.9. The van der Waals surface area contributed by atoms with Gasteiger partial charge in [0.15, 0.2) is 0 Å². The molecule has 0 aromatic heterocycles. The molecular weight excluding hydrogens is 447 g/mol. The van der Waals surface area contributed by atoms with E-state index in [1.807, 2.05) is 18.2 Å². The van der Waals surface area contributed by atoms with Crippen molar-refractivity contribution < 1.29 is 9.59 Å². The number of primary amides is 1. The van der Waals surface area contributed by atoms with Gasteiger partial charge in [-0.15, -0.1) is 0 Å². The third kappa shape index (κ3) is 4.45. The highest BCUT2D eigenvalue weighted by molar-refractivity contribution is 6.43. The van der Waals surface area contributed by atoms with Crippen LogP contribution in [0.25, 0.3) is 0 Å². The second-order valence-corrected chi connectivity index (χ2v) is 9.37.